The number of ether oxygens (including phenoxy) is 1. The Morgan fingerprint density at radius 3 is 2.67 bits per heavy atom. The van der Waals surface area contributed by atoms with Crippen LogP contribution in [0.2, 0.25) is 0 Å². The van der Waals surface area contributed by atoms with Gasteiger partial charge in [-0.25, -0.2) is 4.79 Å². The molecule has 0 aromatic rings. The normalized spacial score (nSPS) is 23.7. The Labute approximate surface area is 110 Å². The van der Waals surface area contributed by atoms with Gasteiger partial charge in [-0.1, -0.05) is 6.08 Å². The number of alkyl carbamates (subject to hydrolysis) is 1. The summed E-state index contributed by atoms with van der Waals surface area (Å²) in [7, 11) is 0. The quantitative estimate of drug-likeness (QED) is 0.585. The minimum Gasteiger partial charge on any atom is -0.444 e. The summed E-state index contributed by atoms with van der Waals surface area (Å²) in [6.45, 7) is 10.3. The average molecular weight is 254 g/mol. The predicted molar refractivity (Wildman–Crippen MR) is 73.6 cm³/mol. The highest BCUT2D eigenvalue weighted by atomic mass is 16.6. The number of hydrogen-bond donors (Lipinski definition) is 2. The Kier molecular flexibility index (Phi) is 5.66. The van der Waals surface area contributed by atoms with E-state index in [9.17, 15) is 4.79 Å². The standard InChI is InChI=1S/C14H26N2O2/c1-5-6-9-15-11-7-8-12(10-11)16-13(17)18-14(2,3)4/h5,11-12,15H,1,6-10H2,2-4H3,(H,16,17). The molecule has 0 bridgehead atoms. The third kappa shape index (κ3) is 6.05. The Hall–Kier alpha value is -1.03. The first kappa shape index (κ1) is 15.0. The fraction of sp³-hybridized carbons (Fsp3) is 0.786. The maximum atomic E-state index is 11.6. The molecule has 0 aliphatic heterocycles. The number of rotatable bonds is 5. The Balaban J connectivity index is 2.21. The number of hydrogen-bond acceptors (Lipinski definition) is 3. The van der Waals surface area contributed by atoms with E-state index in [1.54, 1.807) is 0 Å². The first-order valence-corrected chi connectivity index (χ1v) is 6.74. The summed E-state index contributed by atoms with van der Waals surface area (Å²) >= 11 is 0. The van der Waals surface area contributed by atoms with Gasteiger partial charge in [-0.05, 0) is 53.0 Å². The van der Waals surface area contributed by atoms with Crippen molar-refractivity contribution < 1.29 is 9.53 Å². The van der Waals surface area contributed by atoms with Crippen molar-refractivity contribution in [2.45, 2.75) is 64.1 Å². The molecule has 2 unspecified atom stereocenters. The molecule has 2 N–H and O–H groups in total. The minimum absolute atomic E-state index is 0.237. The minimum atomic E-state index is -0.426. The molecule has 4 heteroatoms. The highest BCUT2D eigenvalue weighted by Gasteiger charge is 2.27. The van der Waals surface area contributed by atoms with E-state index in [2.05, 4.69) is 17.2 Å². The average Bonchev–Trinajstić information content (AvgIpc) is 2.63. The van der Waals surface area contributed by atoms with Gasteiger partial charge in [0.15, 0.2) is 0 Å². The largest absolute Gasteiger partial charge is 0.444 e. The molecule has 0 aromatic heterocycles. The summed E-state index contributed by atoms with van der Waals surface area (Å²) in [4.78, 5) is 11.6. The van der Waals surface area contributed by atoms with Crippen molar-refractivity contribution in [2.24, 2.45) is 0 Å². The van der Waals surface area contributed by atoms with Crippen LogP contribution in [-0.4, -0.2) is 30.3 Å². The van der Waals surface area contributed by atoms with Crippen molar-refractivity contribution in [1.29, 1.82) is 0 Å². The van der Waals surface area contributed by atoms with Crippen LogP contribution in [-0.2, 0) is 4.74 Å². The van der Waals surface area contributed by atoms with Gasteiger partial charge < -0.3 is 15.4 Å². The van der Waals surface area contributed by atoms with E-state index in [-0.39, 0.29) is 12.1 Å². The second kappa shape index (κ2) is 6.78. The molecule has 1 saturated carbocycles. The van der Waals surface area contributed by atoms with Gasteiger partial charge in [0.2, 0.25) is 0 Å². The third-order valence-corrected chi connectivity index (χ3v) is 2.93. The Morgan fingerprint density at radius 1 is 1.39 bits per heavy atom. The van der Waals surface area contributed by atoms with Crippen molar-refractivity contribution in [3.05, 3.63) is 12.7 Å². The molecule has 1 rings (SSSR count). The second-order valence-corrected chi connectivity index (χ2v) is 5.88. The topological polar surface area (TPSA) is 50.4 Å². The van der Waals surface area contributed by atoms with Crippen molar-refractivity contribution in [3.8, 4) is 0 Å². The van der Waals surface area contributed by atoms with Gasteiger partial charge in [0.05, 0.1) is 0 Å². The highest BCUT2D eigenvalue weighted by Crippen LogP contribution is 2.19. The highest BCUT2D eigenvalue weighted by molar-refractivity contribution is 5.68. The van der Waals surface area contributed by atoms with Crippen LogP contribution in [0.1, 0.15) is 46.5 Å². The lowest BCUT2D eigenvalue weighted by atomic mass is 10.2. The van der Waals surface area contributed by atoms with Crippen LogP contribution in [0.5, 0.6) is 0 Å². The maximum absolute atomic E-state index is 11.6. The monoisotopic (exact) mass is 254 g/mol. The number of nitrogens with one attached hydrogen (secondary N) is 2. The lowest BCUT2D eigenvalue weighted by Crippen LogP contribution is -2.39. The van der Waals surface area contributed by atoms with Crippen LogP contribution in [0.15, 0.2) is 12.7 Å². The lowest BCUT2D eigenvalue weighted by Gasteiger charge is -2.21. The van der Waals surface area contributed by atoms with E-state index in [0.717, 1.165) is 32.2 Å². The van der Waals surface area contributed by atoms with Crippen molar-refractivity contribution in [1.82, 2.24) is 10.6 Å². The molecular formula is C14H26N2O2. The zero-order chi connectivity index (χ0) is 13.6. The Bertz CT molecular complexity index is 284. The smallest absolute Gasteiger partial charge is 0.407 e. The van der Waals surface area contributed by atoms with Gasteiger partial charge in [-0.3, -0.25) is 0 Å². The molecule has 0 spiro atoms. The van der Waals surface area contributed by atoms with Crippen LogP contribution in [0.25, 0.3) is 0 Å². The van der Waals surface area contributed by atoms with Gasteiger partial charge >= 0.3 is 6.09 Å². The first-order valence-electron chi connectivity index (χ1n) is 6.74. The summed E-state index contributed by atoms with van der Waals surface area (Å²) in [6.07, 6.45) is 5.71. The zero-order valence-corrected chi connectivity index (χ0v) is 11.8. The molecule has 0 heterocycles. The number of carbonyl (C=O) groups is 1. The van der Waals surface area contributed by atoms with E-state index in [1.165, 1.54) is 0 Å². The van der Waals surface area contributed by atoms with Crippen LogP contribution in [0.4, 0.5) is 4.79 Å². The molecular weight excluding hydrogens is 228 g/mol. The number of carbonyl (C=O) groups excluding carboxylic acids is 1. The van der Waals surface area contributed by atoms with Crippen LogP contribution < -0.4 is 10.6 Å². The summed E-state index contributed by atoms with van der Waals surface area (Å²) in [6, 6.07) is 0.742. The predicted octanol–water partition coefficient (Wildman–Crippen LogP) is 2.60. The van der Waals surface area contributed by atoms with Crippen LogP contribution >= 0.6 is 0 Å². The van der Waals surface area contributed by atoms with Gasteiger partial charge in [0.25, 0.3) is 0 Å². The van der Waals surface area contributed by atoms with Crippen LogP contribution in [0, 0.1) is 0 Å². The second-order valence-electron chi connectivity index (χ2n) is 5.88. The number of amides is 1. The molecule has 1 aliphatic carbocycles. The fourth-order valence-corrected chi connectivity index (χ4v) is 2.16. The first-order chi connectivity index (χ1) is 8.40. The van der Waals surface area contributed by atoms with E-state index in [0.29, 0.717) is 6.04 Å². The lowest BCUT2D eigenvalue weighted by molar-refractivity contribution is 0.0505. The van der Waals surface area contributed by atoms with Crippen LogP contribution in [0.3, 0.4) is 0 Å². The van der Waals surface area contributed by atoms with Gasteiger partial charge in [-0.15, -0.1) is 6.58 Å². The van der Waals surface area contributed by atoms with E-state index >= 15 is 0 Å². The summed E-state index contributed by atoms with van der Waals surface area (Å²) in [5.74, 6) is 0. The summed E-state index contributed by atoms with van der Waals surface area (Å²) in [5.41, 5.74) is -0.426. The van der Waals surface area contributed by atoms with E-state index < -0.39 is 5.60 Å². The van der Waals surface area contributed by atoms with Gasteiger partial charge in [0.1, 0.15) is 5.60 Å². The van der Waals surface area contributed by atoms with Crippen molar-refractivity contribution in [3.63, 3.8) is 0 Å². The molecule has 1 aliphatic rings. The van der Waals surface area contributed by atoms with Gasteiger partial charge in [0, 0.05) is 12.1 Å². The molecule has 2 atom stereocenters. The molecule has 104 valence electrons. The molecule has 0 saturated heterocycles. The Morgan fingerprint density at radius 2 is 2.06 bits per heavy atom. The molecule has 0 radical (unpaired) electrons. The van der Waals surface area contributed by atoms with Crippen molar-refractivity contribution >= 4 is 6.09 Å². The van der Waals surface area contributed by atoms with E-state index in [4.69, 9.17) is 4.74 Å². The molecule has 4 nitrogen and oxygen atoms in total. The summed E-state index contributed by atoms with van der Waals surface area (Å²) in [5, 5.41) is 6.41. The van der Waals surface area contributed by atoms with E-state index in [1.807, 2.05) is 26.8 Å². The van der Waals surface area contributed by atoms with Gasteiger partial charge in [-0.2, -0.15) is 0 Å². The SMILES string of the molecule is C=CCCNC1CCC(NC(=O)OC(C)(C)C)C1. The molecule has 1 fully saturated rings. The summed E-state index contributed by atoms with van der Waals surface area (Å²) < 4.78 is 5.25. The van der Waals surface area contributed by atoms with Crippen molar-refractivity contribution in [2.75, 3.05) is 6.54 Å². The maximum Gasteiger partial charge on any atom is 0.407 e. The fourth-order valence-electron chi connectivity index (χ4n) is 2.16. The molecule has 1 amide bonds. The third-order valence-electron chi connectivity index (χ3n) is 2.93. The molecule has 0 aromatic carbocycles. The molecule has 18 heavy (non-hydrogen) atoms. The zero-order valence-electron chi connectivity index (χ0n) is 11.8.